The molecule has 35 heavy (non-hydrogen) atoms. The highest BCUT2D eigenvalue weighted by atomic mass is 35.5. The Balaban J connectivity index is 1.56. The van der Waals surface area contributed by atoms with Gasteiger partial charge in [0.15, 0.2) is 5.13 Å². The summed E-state index contributed by atoms with van der Waals surface area (Å²) in [6.07, 6.45) is 0. The third-order valence-corrected chi connectivity index (χ3v) is 7.94. The number of benzene rings is 2. The molecule has 0 unspecified atom stereocenters. The van der Waals surface area contributed by atoms with Crippen LogP contribution in [0.5, 0.6) is 0 Å². The van der Waals surface area contributed by atoms with Gasteiger partial charge in [0.1, 0.15) is 17.0 Å². The van der Waals surface area contributed by atoms with Gasteiger partial charge in [0.25, 0.3) is 5.91 Å². The number of morpholine rings is 1. The molecule has 4 aromatic rings. The smallest absolute Gasteiger partial charge is 0.266 e. The number of rotatable bonds is 6. The molecule has 0 N–H and O–H groups in total. The van der Waals surface area contributed by atoms with Gasteiger partial charge in [-0.15, -0.1) is 0 Å². The van der Waals surface area contributed by atoms with Gasteiger partial charge in [-0.3, -0.25) is 14.6 Å². The highest BCUT2D eigenvalue weighted by Gasteiger charge is 2.30. The molecular weight excluding hydrogens is 507 g/mol. The summed E-state index contributed by atoms with van der Waals surface area (Å²) < 4.78 is 11.9. The number of hydrogen-bond acceptors (Lipinski definition) is 7. The predicted molar refractivity (Wildman–Crippen MR) is 140 cm³/mol. The third-order valence-electron chi connectivity index (χ3n) is 6.16. The molecule has 0 aliphatic carbocycles. The zero-order valence-corrected chi connectivity index (χ0v) is 21.7. The Labute approximate surface area is 217 Å². The second-order valence-electron chi connectivity index (χ2n) is 8.37. The molecule has 3 heterocycles. The van der Waals surface area contributed by atoms with Crippen LogP contribution in [0.25, 0.3) is 21.5 Å². The number of anilines is 1. The van der Waals surface area contributed by atoms with Crippen LogP contribution in [0.3, 0.4) is 0 Å². The lowest BCUT2D eigenvalue weighted by atomic mass is 10.1. The monoisotopic (exact) mass is 530 g/mol. The van der Waals surface area contributed by atoms with Crippen LogP contribution in [-0.4, -0.2) is 60.3 Å². The van der Waals surface area contributed by atoms with Crippen molar-refractivity contribution < 1.29 is 14.1 Å². The van der Waals surface area contributed by atoms with Gasteiger partial charge >= 0.3 is 0 Å². The van der Waals surface area contributed by atoms with Crippen molar-refractivity contribution in [1.29, 1.82) is 0 Å². The summed E-state index contributed by atoms with van der Waals surface area (Å²) in [7, 11) is 0. The van der Waals surface area contributed by atoms with E-state index in [1.165, 1.54) is 11.3 Å². The quantitative estimate of drug-likeness (QED) is 0.311. The maximum absolute atomic E-state index is 14.1. The molecule has 0 radical (unpaired) electrons. The zero-order valence-electron chi connectivity index (χ0n) is 19.4. The van der Waals surface area contributed by atoms with Gasteiger partial charge in [-0.05, 0) is 37.6 Å². The van der Waals surface area contributed by atoms with E-state index in [4.69, 9.17) is 37.4 Å². The first-order valence-corrected chi connectivity index (χ1v) is 12.9. The molecule has 2 aromatic heterocycles. The summed E-state index contributed by atoms with van der Waals surface area (Å²) in [5.74, 6) is 0.205. The van der Waals surface area contributed by atoms with E-state index in [0.29, 0.717) is 64.1 Å². The van der Waals surface area contributed by atoms with E-state index in [2.05, 4.69) is 10.1 Å². The molecule has 1 aliphatic heterocycles. The Bertz CT molecular complexity index is 1380. The van der Waals surface area contributed by atoms with E-state index < -0.39 is 0 Å². The number of hydrogen-bond donors (Lipinski definition) is 0. The molecule has 182 valence electrons. The maximum atomic E-state index is 14.1. The minimum atomic E-state index is -0.227. The van der Waals surface area contributed by atoms with Crippen molar-refractivity contribution in [1.82, 2.24) is 15.0 Å². The lowest BCUT2D eigenvalue weighted by molar-refractivity contribution is 0.0391. The fraction of sp³-hybridized carbons (Fsp3) is 0.320. The molecule has 1 saturated heterocycles. The highest BCUT2D eigenvalue weighted by molar-refractivity contribution is 7.22. The van der Waals surface area contributed by atoms with E-state index in [0.717, 1.165) is 28.9 Å². The van der Waals surface area contributed by atoms with Gasteiger partial charge in [0.2, 0.25) is 0 Å². The van der Waals surface area contributed by atoms with Crippen molar-refractivity contribution in [3.05, 3.63) is 63.3 Å². The Morgan fingerprint density at radius 1 is 1.11 bits per heavy atom. The van der Waals surface area contributed by atoms with E-state index in [-0.39, 0.29) is 5.91 Å². The second kappa shape index (κ2) is 10.2. The number of nitrogens with zero attached hydrogens (tertiary/aromatic N) is 4. The maximum Gasteiger partial charge on any atom is 0.266 e. The van der Waals surface area contributed by atoms with Gasteiger partial charge in [0, 0.05) is 36.8 Å². The third kappa shape index (κ3) is 4.81. The van der Waals surface area contributed by atoms with Crippen LogP contribution in [0.2, 0.25) is 10.0 Å². The minimum absolute atomic E-state index is 0.227. The van der Waals surface area contributed by atoms with Crippen molar-refractivity contribution in [2.75, 3.05) is 44.3 Å². The van der Waals surface area contributed by atoms with E-state index in [9.17, 15) is 4.79 Å². The first-order valence-electron chi connectivity index (χ1n) is 11.3. The Morgan fingerprint density at radius 3 is 2.66 bits per heavy atom. The summed E-state index contributed by atoms with van der Waals surface area (Å²) in [5.41, 5.74) is 3.15. The molecule has 2 aromatic carbocycles. The lowest BCUT2D eigenvalue weighted by Crippen LogP contribution is -2.43. The number of thiazole rings is 1. The molecule has 0 saturated carbocycles. The summed E-state index contributed by atoms with van der Waals surface area (Å²) in [6.45, 7) is 7.86. The zero-order chi connectivity index (χ0) is 24.5. The number of aromatic nitrogens is 2. The lowest BCUT2D eigenvalue weighted by Gasteiger charge is -2.29. The van der Waals surface area contributed by atoms with Crippen molar-refractivity contribution >= 4 is 55.8 Å². The van der Waals surface area contributed by atoms with Crippen molar-refractivity contribution in [2.24, 2.45) is 0 Å². The molecule has 0 atom stereocenters. The number of carbonyl (C=O) groups excluding carboxylic acids is 1. The van der Waals surface area contributed by atoms with Crippen LogP contribution in [0.4, 0.5) is 5.13 Å². The van der Waals surface area contributed by atoms with Crippen LogP contribution < -0.4 is 4.90 Å². The fourth-order valence-electron chi connectivity index (χ4n) is 4.15. The summed E-state index contributed by atoms with van der Waals surface area (Å²) >= 11 is 14.2. The first kappa shape index (κ1) is 24.2. The van der Waals surface area contributed by atoms with Crippen molar-refractivity contribution in [3.63, 3.8) is 0 Å². The van der Waals surface area contributed by atoms with Crippen LogP contribution in [0, 0.1) is 13.8 Å². The molecule has 0 spiro atoms. The van der Waals surface area contributed by atoms with Crippen LogP contribution in [-0.2, 0) is 4.74 Å². The molecule has 1 aliphatic rings. The van der Waals surface area contributed by atoms with Crippen molar-refractivity contribution in [3.8, 4) is 11.3 Å². The Kier molecular flexibility index (Phi) is 7.09. The van der Waals surface area contributed by atoms with E-state index in [1.807, 2.05) is 37.3 Å². The molecule has 1 amide bonds. The molecule has 7 nitrogen and oxygen atoms in total. The Hall–Kier alpha value is -2.49. The number of carbonyl (C=O) groups is 1. The van der Waals surface area contributed by atoms with Gasteiger partial charge in [0.05, 0.1) is 28.5 Å². The Morgan fingerprint density at radius 2 is 1.89 bits per heavy atom. The van der Waals surface area contributed by atoms with E-state index >= 15 is 0 Å². The average Bonchev–Trinajstić information content (AvgIpc) is 3.46. The summed E-state index contributed by atoms with van der Waals surface area (Å²) in [5, 5.41) is 5.95. The van der Waals surface area contributed by atoms with Gasteiger partial charge in [-0.25, -0.2) is 4.98 Å². The molecule has 10 heteroatoms. The number of fused-ring (bicyclic) bond motifs is 1. The molecule has 0 bridgehead atoms. The van der Waals surface area contributed by atoms with Crippen molar-refractivity contribution in [2.45, 2.75) is 13.8 Å². The standard InChI is InChI=1S/C25H24Cl2N4O3S/c1-15-18(26)7-8-20-22(15)28-25(35-20)31(10-9-30-11-13-33-14-12-30)24(32)21-16(2)34-29-23(21)17-5-3-4-6-19(17)27/h3-8H,9-14H2,1-2H3. The summed E-state index contributed by atoms with van der Waals surface area (Å²) in [4.78, 5) is 23.0. The number of ether oxygens (including phenoxy) is 1. The second-order valence-corrected chi connectivity index (χ2v) is 10.2. The van der Waals surface area contributed by atoms with Gasteiger partial charge in [-0.2, -0.15) is 0 Å². The van der Waals surface area contributed by atoms with Gasteiger partial charge in [-0.1, -0.05) is 57.9 Å². The molecule has 1 fully saturated rings. The average molecular weight is 531 g/mol. The van der Waals surface area contributed by atoms with Crippen LogP contribution in [0.1, 0.15) is 21.7 Å². The van der Waals surface area contributed by atoms with E-state index in [1.54, 1.807) is 17.9 Å². The number of amides is 1. The fourth-order valence-corrected chi connectivity index (χ4v) is 5.58. The first-order chi connectivity index (χ1) is 16.9. The largest absolute Gasteiger partial charge is 0.379 e. The molecular formula is C25H24Cl2N4O3S. The van der Waals surface area contributed by atoms with Crippen LogP contribution >= 0.6 is 34.5 Å². The minimum Gasteiger partial charge on any atom is -0.379 e. The molecule has 5 rings (SSSR count). The number of halogens is 2. The SMILES string of the molecule is Cc1onc(-c2ccccc2Cl)c1C(=O)N(CCN1CCOCC1)c1nc2c(C)c(Cl)ccc2s1. The number of aryl methyl sites for hydroxylation is 2. The van der Waals surface area contributed by atoms with Gasteiger partial charge < -0.3 is 9.26 Å². The summed E-state index contributed by atoms with van der Waals surface area (Å²) in [6, 6.07) is 11.1. The predicted octanol–water partition coefficient (Wildman–Crippen LogP) is 5.85. The normalized spacial score (nSPS) is 14.5. The van der Waals surface area contributed by atoms with Crippen LogP contribution in [0.15, 0.2) is 40.9 Å². The highest BCUT2D eigenvalue weighted by Crippen LogP contribution is 2.36. The topological polar surface area (TPSA) is 71.7 Å².